The molecule has 1 amide bonds. The van der Waals surface area contributed by atoms with Crippen molar-refractivity contribution in [1.82, 2.24) is 0 Å². The van der Waals surface area contributed by atoms with E-state index in [0.717, 1.165) is 28.1 Å². The maximum Gasteiger partial charge on any atom is 0.255 e. The van der Waals surface area contributed by atoms with E-state index in [1.165, 1.54) is 0 Å². The van der Waals surface area contributed by atoms with Crippen LogP contribution >= 0.6 is 0 Å². The molecule has 0 aliphatic heterocycles. The van der Waals surface area contributed by atoms with E-state index in [4.69, 9.17) is 4.74 Å². The van der Waals surface area contributed by atoms with E-state index >= 15 is 0 Å². The molecule has 0 aliphatic rings. The molecule has 3 nitrogen and oxygen atoms in total. The smallest absolute Gasteiger partial charge is 0.255 e. The standard InChI is InChI=1S/C21H27NO2/c1-13(2)16-9-7-8-10-19(16)22-21(23)18-12-17(14(3)4)20(24-6)11-15(18)5/h7-14H,1-6H3,(H,22,23). The average molecular weight is 325 g/mol. The van der Waals surface area contributed by atoms with Crippen molar-refractivity contribution in [3.63, 3.8) is 0 Å². The summed E-state index contributed by atoms with van der Waals surface area (Å²) in [7, 11) is 1.67. The van der Waals surface area contributed by atoms with Crippen molar-refractivity contribution in [3.05, 3.63) is 58.7 Å². The van der Waals surface area contributed by atoms with Crippen LogP contribution in [0.25, 0.3) is 0 Å². The first-order valence-electron chi connectivity index (χ1n) is 8.44. The highest BCUT2D eigenvalue weighted by Crippen LogP contribution is 2.30. The minimum atomic E-state index is -0.0786. The van der Waals surface area contributed by atoms with E-state index in [2.05, 4.69) is 39.1 Å². The maximum absolute atomic E-state index is 12.8. The lowest BCUT2D eigenvalue weighted by Gasteiger charge is -2.17. The minimum Gasteiger partial charge on any atom is -0.496 e. The Balaban J connectivity index is 2.39. The van der Waals surface area contributed by atoms with E-state index in [1.807, 2.05) is 37.3 Å². The van der Waals surface area contributed by atoms with Gasteiger partial charge in [-0.2, -0.15) is 0 Å². The molecule has 2 aromatic rings. The summed E-state index contributed by atoms with van der Waals surface area (Å²) in [6.45, 7) is 10.4. The van der Waals surface area contributed by atoms with Crippen molar-refractivity contribution in [1.29, 1.82) is 0 Å². The molecule has 0 fully saturated rings. The first-order valence-corrected chi connectivity index (χ1v) is 8.44. The monoisotopic (exact) mass is 325 g/mol. The molecule has 0 atom stereocenters. The number of hydrogen-bond donors (Lipinski definition) is 1. The second kappa shape index (κ2) is 7.52. The molecule has 0 unspecified atom stereocenters. The largest absolute Gasteiger partial charge is 0.496 e. The van der Waals surface area contributed by atoms with Gasteiger partial charge in [-0.3, -0.25) is 4.79 Å². The van der Waals surface area contributed by atoms with Crippen LogP contribution in [0.3, 0.4) is 0 Å². The van der Waals surface area contributed by atoms with E-state index in [-0.39, 0.29) is 11.8 Å². The highest BCUT2D eigenvalue weighted by molar-refractivity contribution is 6.06. The first-order chi connectivity index (χ1) is 11.3. The van der Waals surface area contributed by atoms with Crippen LogP contribution < -0.4 is 10.1 Å². The van der Waals surface area contributed by atoms with Crippen molar-refractivity contribution >= 4 is 11.6 Å². The van der Waals surface area contributed by atoms with Crippen molar-refractivity contribution < 1.29 is 9.53 Å². The van der Waals surface area contributed by atoms with Gasteiger partial charge < -0.3 is 10.1 Å². The average Bonchev–Trinajstić information content (AvgIpc) is 2.54. The van der Waals surface area contributed by atoms with E-state index in [9.17, 15) is 4.79 Å². The zero-order chi connectivity index (χ0) is 17.9. The summed E-state index contributed by atoms with van der Waals surface area (Å²) in [5.41, 5.74) is 4.67. The van der Waals surface area contributed by atoms with Gasteiger partial charge in [-0.25, -0.2) is 0 Å². The molecule has 0 saturated carbocycles. The lowest BCUT2D eigenvalue weighted by molar-refractivity contribution is 0.102. The predicted octanol–water partition coefficient (Wildman–Crippen LogP) is 5.50. The Kier molecular flexibility index (Phi) is 5.66. The molecule has 1 N–H and O–H groups in total. The molecule has 24 heavy (non-hydrogen) atoms. The number of carbonyl (C=O) groups excluding carboxylic acids is 1. The third kappa shape index (κ3) is 3.78. The predicted molar refractivity (Wildman–Crippen MR) is 100 cm³/mol. The number of benzene rings is 2. The molecule has 3 heteroatoms. The molecular weight excluding hydrogens is 298 g/mol. The van der Waals surface area contributed by atoms with Gasteiger partial charge in [0, 0.05) is 11.3 Å². The fraction of sp³-hybridized carbons (Fsp3) is 0.381. The fourth-order valence-corrected chi connectivity index (χ4v) is 2.87. The number of methoxy groups -OCH3 is 1. The highest BCUT2D eigenvalue weighted by atomic mass is 16.5. The Bertz CT molecular complexity index is 733. The van der Waals surface area contributed by atoms with Gasteiger partial charge in [0.2, 0.25) is 0 Å². The van der Waals surface area contributed by atoms with Gasteiger partial charge in [-0.15, -0.1) is 0 Å². The van der Waals surface area contributed by atoms with Gasteiger partial charge in [-0.1, -0.05) is 45.9 Å². The Morgan fingerprint density at radius 3 is 2.21 bits per heavy atom. The Hall–Kier alpha value is -2.29. The normalized spacial score (nSPS) is 11.0. The third-order valence-electron chi connectivity index (χ3n) is 4.27. The molecule has 2 rings (SSSR count). The number of anilines is 1. The van der Waals surface area contributed by atoms with Crippen LogP contribution in [-0.2, 0) is 0 Å². The Morgan fingerprint density at radius 2 is 1.62 bits per heavy atom. The summed E-state index contributed by atoms with van der Waals surface area (Å²) < 4.78 is 5.46. The van der Waals surface area contributed by atoms with E-state index in [1.54, 1.807) is 7.11 Å². The van der Waals surface area contributed by atoms with Gasteiger partial charge in [0.1, 0.15) is 5.75 Å². The number of ether oxygens (including phenoxy) is 1. The molecule has 128 valence electrons. The number of hydrogen-bond acceptors (Lipinski definition) is 2. The lowest BCUT2D eigenvalue weighted by atomic mass is 9.95. The number of para-hydroxylation sites is 1. The van der Waals surface area contributed by atoms with E-state index < -0.39 is 0 Å². The molecule has 0 heterocycles. The summed E-state index contributed by atoms with van der Waals surface area (Å²) >= 11 is 0. The minimum absolute atomic E-state index is 0.0786. The van der Waals surface area contributed by atoms with Crippen LogP contribution in [-0.4, -0.2) is 13.0 Å². The number of carbonyl (C=O) groups is 1. The highest BCUT2D eigenvalue weighted by Gasteiger charge is 2.17. The molecule has 0 aliphatic carbocycles. The Morgan fingerprint density at radius 1 is 1.00 bits per heavy atom. The molecule has 0 bridgehead atoms. The van der Waals surface area contributed by atoms with E-state index in [0.29, 0.717) is 11.5 Å². The third-order valence-corrected chi connectivity index (χ3v) is 4.27. The number of nitrogens with one attached hydrogen (secondary N) is 1. The molecule has 0 radical (unpaired) electrons. The van der Waals surface area contributed by atoms with Crippen molar-refractivity contribution in [3.8, 4) is 5.75 Å². The van der Waals surface area contributed by atoms with Gasteiger partial charge in [0.25, 0.3) is 5.91 Å². The zero-order valence-corrected chi connectivity index (χ0v) is 15.4. The van der Waals surface area contributed by atoms with Crippen LogP contribution in [0.5, 0.6) is 5.75 Å². The SMILES string of the molecule is COc1cc(C)c(C(=O)Nc2ccccc2C(C)C)cc1C(C)C. The summed E-state index contributed by atoms with van der Waals surface area (Å²) in [4.78, 5) is 12.8. The summed E-state index contributed by atoms with van der Waals surface area (Å²) in [6.07, 6.45) is 0. The summed E-state index contributed by atoms with van der Waals surface area (Å²) in [5.74, 6) is 1.39. The fourth-order valence-electron chi connectivity index (χ4n) is 2.87. The summed E-state index contributed by atoms with van der Waals surface area (Å²) in [5, 5.41) is 3.07. The van der Waals surface area contributed by atoms with Crippen molar-refractivity contribution in [2.24, 2.45) is 0 Å². The van der Waals surface area contributed by atoms with Crippen molar-refractivity contribution in [2.45, 2.75) is 46.5 Å². The lowest BCUT2D eigenvalue weighted by Crippen LogP contribution is -2.16. The Labute approximate surface area is 145 Å². The van der Waals surface area contributed by atoms with Gasteiger partial charge in [0.05, 0.1) is 7.11 Å². The zero-order valence-electron chi connectivity index (χ0n) is 15.4. The number of rotatable bonds is 5. The van der Waals surface area contributed by atoms with Crippen LogP contribution in [0, 0.1) is 6.92 Å². The van der Waals surface area contributed by atoms with Crippen LogP contribution in [0.2, 0.25) is 0 Å². The molecule has 0 saturated heterocycles. The summed E-state index contributed by atoms with van der Waals surface area (Å²) in [6, 6.07) is 11.9. The molecule has 2 aromatic carbocycles. The van der Waals surface area contributed by atoms with Crippen LogP contribution in [0.15, 0.2) is 36.4 Å². The topological polar surface area (TPSA) is 38.3 Å². The number of amides is 1. The number of aryl methyl sites for hydroxylation is 1. The first kappa shape index (κ1) is 18.1. The van der Waals surface area contributed by atoms with Crippen molar-refractivity contribution in [2.75, 3.05) is 12.4 Å². The maximum atomic E-state index is 12.8. The molecule has 0 aromatic heterocycles. The molecule has 0 spiro atoms. The molecular formula is C21H27NO2. The van der Waals surface area contributed by atoms with Gasteiger partial charge in [-0.05, 0) is 53.6 Å². The second-order valence-corrected chi connectivity index (χ2v) is 6.76. The quantitative estimate of drug-likeness (QED) is 0.788. The second-order valence-electron chi connectivity index (χ2n) is 6.76. The van der Waals surface area contributed by atoms with Gasteiger partial charge in [0.15, 0.2) is 0 Å². The van der Waals surface area contributed by atoms with Gasteiger partial charge >= 0.3 is 0 Å². The van der Waals surface area contributed by atoms with Crippen LogP contribution in [0.1, 0.15) is 66.6 Å². The van der Waals surface area contributed by atoms with Crippen LogP contribution in [0.4, 0.5) is 5.69 Å².